The summed E-state index contributed by atoms with van der Waals surface area (Å²) in [7, 11) is 0. The highest BCUT2D eigenvalue weighted by molar-refractivity contribution is 7.99. The largest absolute Gasteiger partial charge is 0.323 e. The fourth-order valence-electron chi connectivity index (χ4n) is 2.65. The van der Waals surface area contributed by atoms with E-state index in [4.69, 9.17) is 0 Å². The van der Waals surface area contributed by atoms with Crippen molar-refractivity contribution in [2.75, 3.05) is 11.1 Å². The number of aromatic nitrogens is 3. The van der Waals surface area contributed by atoms with Crippen LogP contribution in [0.2, 0.25) is 0 Å². The van der Waals surface area contributed by atoms with Crippen LogP contribution in [0.3, 0.4) is 0 Å². The molecule has 0 aliphatic rings. The van der Waals surface area contributed by atoms with Crippen LogP contribution < -0.4 is 5.32 Å². The molecule has 0 bridgehead atoms. The lowest BCUT2D eigenvalue weighted by molar-refractivity contribution is -0.113. The van der Waals surface area contributed by atoms with Crippen molar-refractivity contribution >= 4 is 34.7 Å². The molecule has 2 aromatic heterocycles. The Hall–Kier alpha value is -3.04. The van der Waals surface area contributed by atoms with Crippen LogP contribution in [-0.4, -0.2) is 26.4 Å². The highest BCUT2D eigenvalue weighted by atomic mass is 32.2. The van der Waals surface area contributed by atoms with E-state index >= 15 is 0 Å². The molecule has 4 rings (SSSR count). The number of anilines is 1. The van der Waals surface area contributed by atoms with Crippen LogP contribution in [-0.2, 0) is 4.79 Å². The van der Waals surface area contributed by atoms with Crippen molar-refractivity contribution in [1.82, 2.24) is 14.8 Å². The smallest absolute Gasteiger partial charge is 0.234 e. The first-order valence-corrected chi connectivity index (χ1v) is 10.4. The van der Waals surface area contributed by atoms with E-state index < -0.39 is 17.5 Å². The van der Waals surface area contributed by atoms with E-state index in [2.05, 4.69) is 15.5 Å². The van der Waals surface area contributed by atoms with Gasteiger partial charge in [0.05, 0.1) is 16.3 Å². The third-order valence-corrected chi connectivity index (χ3v) is 5.72. The van der Waals surface area contributed by atoms with Gasteiger partial charge < -0.3 is 5.32 Å². The Bertz CT molecular complexity index is 1130. The van der Waals surface area contributed by atoms with E-state index in [-0.39, 0.29) is 11.4 Å². The first kappa shape index (κ1) is 19.3. The number of para-hydroxylation sites is 1. The molecule has 4 aromatic rings. The zero-order chi connectivity index (χ0) is 20.2. The second-order valence-electron chi connectivity index (χ2n) is 5.92. The molecule has 0 spiro atoms. The van der Waals surface area contributed by atoms with Crippen LogP contribution in [0.5, 0.6) is 0 Å². The van der Waals surface area contributed by atoms with E-state index in [1.165, 1.54) is 17.8 Å². The summed E-state index contributed by atoms with van der Waals surface area (Å²) < 4.78 is 28.6. The summed E-state index contributed by atoms with van der Waals surface area (Å²) in [4.78, 5) is 13.2. The number of nitrogens with one attached hydrogen (secondary N) is 1. The maximum Gasteiger partial charge on any atom is 0.234 e. The Morgan fingerprint density at radius 3 is 2.62 bits per heavy atom. The van der Waals surface area contributed by atoms with E-state index in [1.54, 1.807) is 11.3 Å². The molecule has 1 amide bonds. The molecule has 0 radical (unpaired) electrons. The number of rotatable bonds is 6. The van der Waals surface area contributed by atoms with E-state index in [9.17, 15) is 13.6 Å². The molecule has 29 heavy (non-hydrogen) atoms. The molecule has 0 atom stereocenters. The SMILES string of the molecule is O=C(CSc1nnc(-c2cccs2)n1-c1ccccc1)Nc1ccc(F)cc1F. The number of benzene rings is 2. The first-order chi connectivity index (χ1) is 14.1. The van der Waals surface area contributed by atoms with Gasteiger partial charge in [0.1, 0.15) is 11.6 Å². The van der Waals surface area contributed by atoms with E-state index in [1.807, 2.05) is 52.4 Å². The minimum atomic E-state index is -0.823. The Morgan fingerprint density at radius 2 is 1.90 bits per heavy atom. The Balaban J connectivity index is 1.55. The first-order valence-electron chi connectivity index (χ1n) is 8.54. The highest BCUT2D eigenvalue weighted by Crippen LogP contribution is 2.30. The predicted octanol–water partition coefficient (Wildman–Crippen LogP) is 5.00. The van der Waals surface area contributed by atoms with Gasteiger partial charge in [-0.1, -0.05) is 36.0 Å². The summed E-state index contributed by atoms with van der Waals surface area (Å²) in [6.07, 6.45) is 0. The van der Waals surface area contributed by atoms with Crippen molar-refractivity contribution in [3.05, 3.63) is 77.7 Å². The molecule has 0 saturated heterocycles. The van der Waals surface area contributed by atoms with Gasteiger partial charge >= 0.3 is 0 Å². The monoisotopic (exact) mass is 428 g/mol. The van der Waals surface area contributed by atoms with Gasteiger partial charge in [-0.05, 0) is 35.7 Å². The van der Waals surface area contributed by atoms with Crippen molar-refractivity contribution in [2.45, 2.75) is 5.16 Å². The minimum Gasteiger partial charge on any atom is -0.323 e. The Labute approximate surface area is 173 Å². The molecular weight excluding hydrogens is 414 g/mol. The molecule has 0 unspecified atom stereocenters. The summed E-state index contributed by atoms with van der Waals surface area (Å²) in [5, 5.41) is 13.5. The number of carbonyl (C=O) groups is 1. The van der Waals surface area contributed by atoms with Crippen LogP contribution in [0.15, 0.2) is 71.2 Å². The van der Waals surface area contributed by atoms with Gasteiger partial charge in [-0.25, -0.2) is 8.78 Å². The Kier molecular flexibility index (Phi) is 5.68. The fraction of sp³-hybridized carbons (Fsp3) is 0.0500. The predicted molar refractivity (Wildman–Crippen MR) is 110 cm³/mol. The number of hydrogen-bond donors (Lipinski definition) is 1. The van der Waals surface area contributed by atoms with Crippen LogP contribution in [0.25, 0.3) is 16.4 Å². The number of nitrogens with zero attached hydrogens (tertiary/aromatic N) is 3. The second-order valence-corrected chi connectivity index (χ2v) is 7.81. The summed E-state index contributed by atoms with van der Waals surface area (Å²) >= 11 is 2.72. The molecule has 0 aliphatic heterocycles. The molecule has 146 valence electrons. The normalized spacial score (nSPS) is 10.8. The number of hydrogen-bond acceptors (Lipinski definition) is 5. The standard InChI is InChI=1S/C20H14F2N4OS2/c21-13-8-9-16(15(22)11-13)23-18(27)12-29-20-25-24-19(17-7-4-10-28-17)26(20)14-5-2-1-3-6-14/h1-11H,12H2,(H,23,27). The summed E-state index contributed by atoms with van der Waals surface area (Å²) in [6, 6.07) is 16.5. The summed E-state index contributed by atoms with van der Waals surface area (Å²) in [5.74, 6) is -1.28. The molecule has 5 nitrogen and oxygen atoms in total. The zero-order valence-corrected chi connectivity index (χ0v) is 16.5. The number of carbonyl (C=O) groups excluding carboxylic acids is 1. The molecule has 0 fully saturated rings. The van der Waals surface area contributed by atoms with Crippen molar-refractivity contribution in [3.63, 3.8) is 0 Å². The number of thioether (sulfide) groups is 1. The van der Waals surface area contributed by atoms with E-state index in [0.29, 0.717) is 11.0 Å². The third kappa shape index (κ3) is 4.36. The van der Waals surface area contributed by atoms with Crippen LogP contribution >= 0.6 is 23.1 Å². The molecular formula is C20H14F2N4OS2. The Morgan fingerprint density at radius 1 is 1.07 bits per heavy atom. The minimum absolute atomic E-state index is 0.00771. The molecule has 9 heteroatoms. The molecule has 0 saturated carbocycles. The molecule has 2 heterocycles. The molecule has 2 aromatic carbocycles. The second kappa shape index (κ2) is 8.54. The fourth-order valence-corrected chi connectivity index (χ4v) is 4.10. The number of amides is 1. The average Bonchev–Trinajstić information content (AvgIpc) is 3.38. The van der Waals surface area contributed by atoms with Gasteiger partial charge in [0, 0.05) is 11.8 Å². The third-order valence-electron chi connectivity index (χ3n) is 3.93. The van der Waals surface area contributed by atoms with Gasteiger partial charge in [-0.3, -0.25) is 9.36 Å². The maximum absolute atomic E-state index is 13.7. The van der Waals surface area contributed by atoms with Gasteiger partial charge in [-0.2, -0.15) is 0 Å². The lowest BCUT2D eigenvalue weighted by Crippen LogP contribution is -2.15. The highest BCUT2D eigenvalue weighted by Gasteiger charge is 2.18. The van der Waals surface area contributed by atoms with Crippen LogP contribution in [0, 0.1) is 11.6 Å². The maximum atomic E-state index is 13.7. The molecule has 1 N–H and O–H groups in total. The topological polar surface area (TPSA) is 59.8 Å². The lowest BCUT2D eigenvalue weighted by Gasteiger charge is -2.10. The summed E-state index contributed by atoms with van der Waals surface area (Å²) in [6.45, 7) is 0. The molecule has 0 aliphatic carbocycles. The number of thiophene rings is 1. The lowest BCUT2D eigenvalue weighted by atomic mass is 10.3. The van der Waals surface area contributed by atoms with Crippen LogP contribution in [0.4, 0.5) is 14.5 Å². The van der Waals surface area contributed by atoms with Crippen molar-refractivity contribution in [2.24, 2.45) is 0 Å². The van der Waals surface area contributed by atoms with E-state index in [0.717, 1.165) is 22.7 Å². The van der Waals surface area contributed by atoms with Gasteiger partial charge in [0.15, 0.2) is 11.0 Å². The average molecular weight is 428 g/mol. The van der Waals surface area contributed by atoms with Crippen molar-refractivity contribution < 1.29 is 13.6 Å². The summed E-state index contributed by atoms with van der Waals surface area (Å²) in [5.41, 5.74) is 0.800. The number of halogens is 2. The van der Waals surface area contributed by atoms with Gasteiger partial charge in [-0.15, -0.1) is 21.5 Å². The quantitative estimate of drug-likeness (QED) is 0.439. The van der Waals surface area contributed by atoms with Crippen molar-refractivity contribution in [3.8, 4) is 16.4 Å². The van der Waals surface area contributed by atoms with Crippen molar-refractivity contribution in [1.29, 1.82) is 0 Å². The zero-order valence-electron chi connectivity index (χ0n) is 14.9. The van der Waals surface area contributed by atoms with Gasteiger partial charge in [0.2, 0.25) is 5.91 Å². The van der Waals surface area contributed by atoms with Gasteiger partial charge in [0.25, 0.3) is 0 Å². The van der Waals surface area contributed by atoms with Crippen LogP contribution in [0.1, 0.15) is 0 Å².